The molecule has 8 aromatic rings. The smallest absolute Gasteiger partial charge is 0.0774 e. The van der Waals surface area contributed by atoms with Gasteiger partial charge in [0.25, 0.3) is 0 Å². The molecule has 9 rings (SSSR count). The van der Waals surface area contributed by atoms with Gasteiger partial charge in [-0.3, -0.25) is 4.98 Å². The topological polar surface area (TPSA) is 30.7 Å². The Hall–Kier alpha value is -4.87. The number of pyridine rings is 1. The van der Waals surface area contributed by atoms with Crippen molar-refractivity contribution in [3.05, 3.63) is 181 Å². The van der Waals surface area contributed by atoms with Crippen molar-refractivity contribution in [1.82, 2.24) is 14.5 Å². The quantitative estimate of drug-likeness (QED) is 0.118. The standard InChI is InChI=1S/C34H25N2.C18H24GeN.Ir/c1-34(2)29-13-7-6-12-27(29)28-22-25(18-21-30(28)34)33-35-31-14-8-9-15-32(31)36(33)26-19-16-24(17-20-26)23-10-4-3-5-11-23;1-14(2)11-16-12-18(15-9-7-6-8-10-15)20-13-17(16)19(3,4)5;/h3-17,19-22H,1-2H3;6-9,12-14H,11H2,1-5H3;/q2*-1;. The van der Waals surface area contributed by atoms with Crippen LogP contribution >= 0.6 is 0 Å². The van der Waals surface area contributed by atoms with Crippen LogP contribution in [0.3, 0.4) is 0 Å². The van der Waals surface area contributed by atoms with Gasteiger partial charge in [0.15, 0.2) is 0 Å². The van der Waals surface area contributed by atoms with Crippen molar-refractivity contribution in [3.63, 3.8) is 0 Å². The van der Waals surface area contributed by atoms with Crippen LogP contribution in [0.25, 0.3) is 61.6 Å². The molecule has 6 aromatic carbocycles. The van der Waals surface area contributed by atoms with Gasteiger partial charge in [-0.2, -0.15) is 0 Å². The molecule has 3 nitrogen and oxygen atoms in total. The van der Waals surface area contributed by atoms with Gasteiger partial charge in [-0.25, -0.2) is 0 Å². The average Bonchev–Trinajstić information content (AvgIpc) is 3.71. The van der Waals surface area contributed by atoms with E-state index in [4.69, 9.17) is 9.97 Å². The minimum absolute atomic E-state index is 0. The average molecular weight is 981 g/mol. The molecule has 0 bridgehead atoms. The van der Waals surface area contributed by atoms with E-state index >= 15 is 0 Å². The second-order valence-electron chi connectivity index (χ2n) is 16.9. The van der Waals surface area contributed by atoms with Crippen molar-refractivity contribution in [1.29, 1.82) is 0 Å². The van der Waals surface area contributed by atoms with Crippen LogP contribution in [0.2, 0.25) is 17.3 Å². The first-order chi connectivity index (χ1) is 27.0. The summed E-state index contributed by atoms with van der Waals surface area (Å²) in [5.41, 5.74) is 15.5. The first-order valence-corrected chi connectivity index (χ1v) is 27.1. The van der Waals surface area contributed by atoms with Crippen LogP contribution in [0.4, 0.5) is 0 Å². The maximum Gasteiger partial charge on any atom is 0.0774 e. The van der Waals surface area contributed by atoms with Gasteiger partial charge in [0.1, 0.15) is 0 Å². The van der Waals surface area contributed by atoms with Gasteiger partial charge >= 0.3 is 126 Å². The Labute approximate surface area is 355 Å². The molecule has 0 saturated heterocycles. The van der Waals surface area contributed by atoms with Gasteiger partial charge in [-0.05, 0) is 51.9 Å². The maximum atomic E-state index is 5.09. The Morgan fingerprint density at radius 1 is 0.684 bits per heavy atom. The molecule has 2 heterocycles. The number of nitrogens with zero attached hydrogens (tertiary/aromatic N) is 3. The zero-order valence-electron chi connectivity index (χ0n) is 33.9. The van der Waals surface area contributed by atoms with Gasteiger partial charge in [0, 0.05) is 25.8 Å². The molecule has 0 amide bonds. The molecule has 0 spiro atoms. The molecule has 5 heteroatoms. The third-order valence-electron chi connectivity index (χ3n) is 11.0. The van der Waals surface area contributed by atoms with Gasteiger partial charge in [0.2, 0.25) is 0 Å². The summed E-state index contributed by atoms with van der Waals surface area (Å²) in [7, 11) is 0. The number of hydrogen-bond donors (Lipinski definition) is 0. The summed E-state index contributed by atoms with van der Waals surface area (Å²) in [5.74, 6) is 8.90. The number of fused-ring (bicyclic) bond motifs is 4. The molecule has 287 valence electrons. The zero-order chi connectivity index (χ0) is 39.0. The van der Waals surface area contributed by atoms with Crippen LogP contribution < -0.4 is 4.40 Å². The van der Waals surface area contributed by atoms with Crippen LogP contribution in [-0.2, 0) is 31.9 Å². The molecule has 0 fully saturated rings. The molecule has 0 unspecified atom stereocenters. The van der Waals surface area contributed by atoms with Gasteiger partial charge < -0.3 is 4.57 Å². The number of hydrogen-bond acceptors (Lipinski definition) is 2. The molecule has 1 aliphatic carbocycles. The summed E-state index contributed by atoms with van der Waals surface area (Å²) in [5, 5.41) is 0. The van der Waals surface area contributed by atoms with Crippen molar-refractivity contribution in [3.8, 4) is 50.6 Å². The Balaban J connectivity index is 0.000000202. The molecule has 0 atom stereocenters. The molecule has 0 N–H and O–H groups in total. The van der Waals surface area contributed by atoms with Crippen LogP contribution in [0.5, 0.6) is 0 Å². The Kier molecular flexibility index (Phi) is 11.7. The van der Waals surface area contributed by atoms with Crippen molar-refractivity contribution in [2.24, 2.45) is 5.92 Å². The monoisotopic (exact) mass is 982 g/mol. The second-order valence-corrected chi connectivity index (χ2v) is 27.4. The summed E-state index contributed by atoms with van der Waals surface area (Å²) in [6, 6.07) is 58.0. The van der Waals surface area contributed by atoms with E-state index in [0.717, 1.165) is 45.8 Å². The van der Waals surface area contributed by atoms with Gasteiger partial charge in [0.05, 0.1) is 16.9 Å². The Bertz CT molecular complexity index is 2640. The minimum atomic E-state index is -1.86. The third kappa shape index (κ3) is 8.14. The predicted octanol–water partition coefficient (Wildman–Crippen LogP) is 12.8. The van der Waals surface area contributed by atoms with Crippen molar-refractivity contribution < 1.29 is 20.1 Å². The number of para-hydroxylation sites is 2. The van der Waals surface area contributed by atoms with Crippen LogP contribution in [0.1, 0.15) is 44.4 Å². The Morgan fingerprint density at radius 3 is 2.09 bits per heavy atom. The molecule has 57 heavy (non-hydrogen) atoms. The molecule has 1 radical (unpaired) electrons. The van der Waals surface area contributed by atoms with E-state index in [9.17, 15) is 0 Å². The van der Waals surface area contributed by atoms with Crippen LogP contribution in [0, 0.1) is 18.1 Å². The van der Waals surface area contributed by atoms with E-state index in [-0.39, 0.29) is 25.5 Å². The van der Waals surface area contributed by atoms with Gasteiger partial charge in [-0.1, -0.05) is 98.3 Å². The van der Waals surface area contributed by atoms with E-state index in [1.165, 1.54) is 38.9 Å². The SMILES string of the molecule is CC(C)Cc1cc(-c2[c-]cccc2)nc[c]1[Ge]([CH3])([CH3])[CH3].CC1(C)c2c[c-]c(-c3nc4ccccc4n3-c3ccc(-c4ccccc4)cc3)cc2-c2ccccc21.[Ir]. The molecular formula is C52H49GeIrN3-2. The summed E-state index contributed by atoms with van der Waals surface area (Å²) >= 11 is -1.86. The zero-order valence-corrected chi connectivity index (χ0v) is 38.4. The first kappa shape index (κ1) is 40.3. The van der Waals surface area contributed by atoms with Gasteiger partial charge in [-0.15, -0.1) is 29.3 Å². The normalized spacial score (nSPS) is 12.7. The minimum Gasteiger partial charge on any atom is -0.333 e. The third-order valence-corrected chi connectivity index (χ3v) is 15.3. The Morgan fingerprint density at radius 2 is 1.37 bits per heavy atom. The van der Waals surface area contributed by atoms with E-state index < -0.39 is 13.3 Å². The summed E-state index contributed by atoms with van der Waals surface area (Å²) in [6.07, 6.45) is 3.27. The fraction of sp³-hybridized carbons (Fsp3) is 0.192. The first-order valence-electron chi connectivity index (χ1n) is 19.8. The number of rotatable bonds is 7. The van der Waals surface area contributed by atoms with Crippen molar-refractivity contribution >= 4 is 28.7 Å². The van der Waals surface area contributed by atoms with Crippen LogP contribution in [0.15, 0.2) is 152 Å². The molecule has 0 aliphatic heterocycles. The maximum absolute atomic E-state index is 5.09. The number of imidazole rings is 1. The van der Waals surface area contributed by atoms with E-state index in [1.807, 2.05) is 24.3 Å². The van der Waals surface area contributed by atoms with Crippen LogP contribution in [-0.4, -0.2) is 27.8 Å². The predicted molar refractivity (Wildman–Crippen MR) is 238 cm³/mol. The molecule has 0 saturated carbocycles. The van der Waals surface area contributed by atoms with E-state index in [2.05, 4.69) is 189 Å². The van der Waals surface area contributed by atoms with Crippen molar-refractivity contribution in [2.75, 3.05) is 0 Å². The fourth-order valence-corrected chi connectivity index (χ4v) is 11.5. The fourth-order valence-electron chi connectivity index (χ4n) is 8.15. The number of benzene rings is 6. The molecular weight excluding hydrogens is 931 g/mol. The summed E-state index contributed by atoms with van der Waals surface area (Å²) in [6.45, 7) is 9.17. The number of aromatic nitrogens is 3. The molecule has 2 aromatic heterocycles. The molecule has 1 aliphatic rings. The van der Waals surface area contributed by atoms with Crippen molar-refractivity contribution in [2.45, 2.75) is 56.8 Å². The second kappa shape index (κ2) is 16.5. The van der Waals surface area contributed by atoms with E-state index in [0.29, 0.717) is 5.92 Å². The summed E-state index contributed by atoms with van der Waals surface area (Å²) in [4.78, 5) is 9.79. The largest absolute Gasteiger partial charge is 0.333 e. The summed E-state index contributed by atoms with van der Waals surface area (Å²) < 4.78 is 3.80. The van der Waals surface area contributed by atoms with E-state index in [1.54, 1.807) is 4.40 Å².